The number of carbonyl (C=O) groups is 1. The van der Waals surface area contributed by atoms with Crippen LogP contribution in [-0.2, 0) is 4.79 Å². The molecule has 5 nitrogen and oxygen atoms in total. The molecule has 3 aromatic rings. The smallest absolute Gasteiger partial charge is 0.258 e. The number of thiophene rings is 1. The average molecular weight is 369 g/mol. The minimum absolute atomic E-state index is 0.0631. The summed E-state index contributed by atoms with van der Waals surface area (Å²) >= 11 is 1.54. The Balaban J connectivity index is 1.84. The van der Waals surface area contributed by atoms with Gasteiger partial charge in [-0.25, -0.2) is 9.97 Å². The average Bonchev–Trinajstić information content (AvgIpc) is 3.05. The minimum Gasteiger partial charge on any atom is -0.467 e. The number of ether oxygens (including phenoxy) is 1. The van der Waals surface area contributed by atoms with Crippen LogP contribution >= 0.6 is 11.3 Å². The number of hydrogen-bond donors (Lipinski definition) is 1. The monoisotopic (exact) mass is 369 g/mol. The predicted molar refractivity (Wildman–Crippen MR) is 106 cm³/mol. The number of rotatable bonds is 6. The van der Waals surface area contributed by atoms with E-state index in [0.29, 0.717) is 11.8 Å². The van der Waals surface area contributed by atoms with Crippen LogP contribution in [-0.4, -0.2) is 28.5 Å². The Hall–Kier alpha value is -2.47. The van der Waals surface area contributed by atoms with Gasteiger partial charge in [0.05, 0.1) is 5.39 Å². The molecule has 1 N–H and O–H groups in total. The van der Waals surface area contributed by atoms with Crippen LogP contribution in [0.5, 0.6) is 5.88 Å². The van der Waals surface area contributed by atoms with Crippen molar-refractivity contribution in [3.05, 3.63) is 41.5 Å². The highest BCUT2D eigenvalue weighted by Crippen LogP contribution is 2.37. The van der Waals surface area contributed by atoms with Crippen LogP contribution < -0.4 is 10.1 Å². The number of nitrogens with zero attached hydrogens (tertiary/aromatic N) is 2. The van der Waals surface area contributed by atoms with Crippen LogP contribution in [0, 0.1) is 12.8 Å². The highest BCUT2D eigenvalue weighted by Gasteiger charge is 2.16. The van der Waals surface area contributed by atoms with Crippen LogP contribution in [0.2, 0.25) is 0 Å². The molecule has 3 rings (SSSR count). The summed E-state index contributed by atoms with van der Waals surface area (Å²) in [5.74, 6) is 0.666. The molecule has 0 bridgehead atoms. The highest BCUT2D eigenvalue weighted by molar-refractivity contribution is 7.17. The summed E-state index contributed by atoms with van der Waals surface area (Å²) in [4.78, 5) is 21.6. The molecule has 2 aromatic heterocycles. The van der Waals surface area contributed by atoms with Crippen molar-refractivity contribution in [1.82, 2.24) is 15.3 Å². The molecule has 0 aliphatic carbocycles. The fourth-order valence-electron chi connectivity index (χ4n) is 2.50. The van der Waals surface area contributed by atoms with E-state index in [1.54, 1.807) is 11.3 Å². The summed E-state index contributed by atoms with van der Waals surface area (Å²) in [5.41, 5.74) is 3.31. The zero-order valence-corrected chi connectivity index (χ0v) is 16.3. The molecule has 0 fully saturated rings. The lowest BCUT2D eigenvalue weighted by Gasteiger charge is -2.17. The van der Waals surface area contributed by atoms with Crippen LogP contribution in [0.4, 0.5) is 0 Å². The molecule has 1 unspecified atom stereocenters. The fraction of sp³-hybridized carbons (Fsp3) is 0.350. The van der Waals surface area contributed by atoms with E-state index in [0.717, 1.165) is 21.3 Å². The van der Waals surface area contributed by atoms with Gasteiger partial charge in [-0.1, -0.05) is 43.7 Å². The minimum atomic E-state index is -0.148. The van der Waals surface area contributed by atoms with E-state index in [4.69, 9.17) is 4.74 Å². The lowest BCUT2D eigenvalue weighted by molar-refractivity contribution is -0.124. The summed E-state index contributed by atoms with van der Waals surface area (Å²) in [7, 11) is 0. The molecule has 136 valence electrons. The quantitative estimate of drug-likeness (QED) is 0.707. The van der Waals surface area contributed by atoms with E-state index in [-0.39, 0.29) is 18.6 Å². The topological polar surface area (TPSA) is 64.1 Å². The number of hydrogen-bond acceptors (Lipinski definition) is 5. The van der Waals surface area contributed by atoms with Gasteiger partial charge in [-0.15, -0.1) is 11.3 Å². The van der Waals surface area contributed by atoms with Gasteiger partial charge in [-0.05, 0) is 25.3 Å². The fourth-order valence-corrected chi connectivity index (χ4v) is 3.41. The van der Waals surface area contributed by atoms with E-state index >= 15 is 0 Å². The first-order chi connectivity index (χ1) is 12.5. The first-order valence-electron chi connectivity index (χ1n) is 8.67. The molecule has 0 saturated heterocycles. The van der Waals surface area contributed by atoms with Gasteiger partial charge in [-0.2, -0.15) is 0 Å². The number of aromatic nitrogens is 2. The molecular weight excluding hydrogens is 346 g/mol. The Labute approximate surface area is 157 Å². The van der Waals surface area contributed by atoms with Crippen molar-refractivity contribution >= 4 is 27.5 Å². The zero-order valence-electron chi connectivity index (χ0n) is 15.4. The Bertz CT molecular complexity index is 903. The standard InChI is InChI=1S/C20H23N3O2S/c1-12(2)14(4)23-17(24)9-25-19-18-16(10-26-20(18)22-11-21-19)15-7-5-13(3)6-8-15/h5-8,10-12,14H,9H2,1-4H3,(H,23,24). The van der Waals surface area contributed by atoms with Gasteiger partial charge in [0.2, 0.25) is 5.88 Å². The van der Waals surface area contributed by atoms with Crippen LogP contribution in [0.25, 0.3) is 21.3 Å². The predicted octanol–water partition coefficient (Wildman–Crippen LogP) is 4.21. The largest absolute Gasteiger partial charge is 0.467 e. The van der Waals surface area contributed by atoms with Gasteiger partial charge in [-0.3, -0.25) is 4.79 Å². The van der Waals surface area contributed by atoms with E-state index < -0.39 is 0 Å². The number of amides is 1. The third-order valence-corrected chi connectivity index (χ3v) is 5.31. The Kier molecular flexibility index (Phi) is 5.52. The van der Waals surface area contributed by atoms with Crippen LogP contribution in [0.3, 0.4) is 0 Å². The van der Waals surface area contributed by atoms with Gasteiger partial charge in [0.15, 0.2) is 6.61 Å². The lowest BCUT2D eigenvalue weighted by atomic mass is 10.0. The van der Waals surface area contributed by atoms with Crippen molar-refractivity contribution in [2.75, 3.05) is 6.61 Å². The SMILES string of the molecule is Cc1ccc(-c2csc3ncnc(OCC(=O)NC(C)C(C)C)c23)cc1. The number of aryl methyl sites for hydroxylation is 1. The number of fused-ring (bicyclic) bond motifs is 1. The molecule has 0 radical (unpaired) electrons. The van der Waals surface area contributed by atoms with Crippen molar-refractivity contribution < 1.29 is 9.53 Å². The van der Waals surface area contributed by atoms with Crippen molar-refractivity contribution in [1.29, 1.82) is 0 Å². The van der Waals surface area contributed by atoms with Crippen LogP contribution in [0.15, 0.2) is 36.0 Å². The molecule has 26 heavy (non-hydrogen) atoms. The maximum absolute atomic E-state index is 12.1. The van der Waals surface area contributed by atoms with E-state index in [1.165, 1.54) is 11.9 Å². The zero-order chi connectivity index (χ0) is 18.7. The van der Waals surface area contributed by atoms with Gasteiger partial charge in [0.1, 0.15) is 11.2 Å². The van der Waals surface area contributed by atoms with Gasteiger partial charge >= 0.3 is 0 Å². The van der Waals surface area contributed by atoms with Crippen molar-refractivity contribution in [3.63, 3.8) is 0 Å². The number of nitrogens with one attached hydrogen (secondary N) is 1. The first-order valence-corrected chi connectivity index (χ1v) is 9.55. The Morgan fingerprint density at radius 3 is 2.62 bits per heavy atom. The molecule has 0 aliphatic rings. The summed E-state index contributed by atoms with van der Waals surface area (Å²) in [6, 6.07) is 8.39. The molecule has 1 amide bonds. The highest BCUT2D eigenvalue weighted by atomic mass is 32.1. The normalized spacial score (nSPS) is 12.3. The summed E-state index contributed by atoms with van der Waals surface area (Å²) < 4.78 is 5.75. The molecule has 2 heterocycles. The summed E-state index contributed by atoms with van der Waals surface area (Å²) in [6.45, 7) is 8.12. The second-order valence-electron chi connectivity index (χ2n) is 6.76. The molecule has 1 aromatic carbocycles. The Morgan fingerprint density at radius 1 is 1.19 bits per heavy atom. The maximum Gasteiger partial charge on any atom is 0.258 e. The molecule has 0 saturated carbocycles. The Morgan fingerprint density at radius 2 is 1.92 bits per heavy atom. The second-order valence-corrected chi connectivity index (χ2v) is 7.62. The van der Waals surface area contributed by atoms with Gasteiger partial charge in [0, 0.05) is 17.0 Å². The van der Waals surface area contributed by atoms with E-state index in [1.807, 2.05) is 6.92 Å². The maximum atomic E-state index is 12.1. The summed E-state index contributed by atoms with van der Waals surface area (Å²) in [6.07, 6.45) is 1.47. The second kappa shape index (κ2) is 7.83. The van der Waals surface area contributed by atoms with E-state index in [9.17, 15) is 4.79 Å². The van der Waals surface area contributed by atoms with Crippen LogP contribution in [0.1, 0.15) is 26.3 Å². The number of carbonyl (C=O) groups excluding carboxylic acids is 1. The third-order valence-electron chi connectivity index (χ3n) is 4.43. The van der Waals surface area contributed by atoms with Crippen molar-refractivity contribution in [2.24, 2.45) is 5.92 Å². The molecule has 6 heteroatoms. The molecule has 0 spiro atoms. The summed E-state index contributed by atoms with van der Waals surface area (Å²) in [5, 5.41) is 5.85. The van der Waals surface area contributed by atoms with E-state index in [2.05, 4.69) is 65.7 Å². The molecule has 1 atom stereocenters. The number of benzene rings is 1. The first kappa shape index (κ1) is 18.3. The molecular formula is C20H23N3O2S. The van der Waals surface area contributed by atoms with Gasteiger partial charge in [0.25, 0.3) is 5.91 Å². The van der Waals surface area contributed by atoms with Crippen molar-refractivity contribution in [2.45, 2.75) is 33.7 Å². The molecule has 0 aliphatic heterocycles. The van der Waals surface area contributed by atoms with Gasteiger partial charge < -0.3 is 10.1 Å². The van der Waals surface area contributed by atoms with Crippen molar-refractivity contribution in [3.8, 4) is 17.0 Å². The third kappa shape index (κ3) is 4.02. The lowest BCUT2D eigenvalue weighted by Crippen LogP contribution is -2.39.